The summed E-state index contributed by atoms with van der Waals surface area (Å²) >= 11 is 1.84. The highest BCUT2D eigenvalue weighted by molar-refractivity contribution is 7.99. The largest absolute Gasteiger partial charge is 0.192 e. The fourth-order valence-electron chi connectivity index (χ4n) is 1.07. The molecule has 0 fully saturated rings. The Morgan fingerprint density at radius 3 is 2.77 bits per heavy atom. The molecule has 0 spiro atoms. The number of nitrogens with zero attached hydrogens (tertiary/aromatic N) is 1. The number of thioether (sulfide) groups is 1. The molecule has 0 amide bonds. The fourth-order valence-corrected chi connectivity index (χ4v) is 1.94. The third-order valence-electron chi connectivity index (χ3n) is 1.79. The average Bonchev–Trinajstić information content (AvgIpc) is 2.15. The SMILES string of the molecule is CCCSc1ccc(C#N)c(C)c1. The Balaban J connectivity index is 2.79. The van der Waals surface area contributed by atoms with E-state index in [-0.39, 0.29) is 0 Å². The average molecular weight is 191 g/mol. The first-order chi connectivity index (χ1) is 6.27. The zero-order valence-corrected chi connectivity index (χ0v) is 8.82. The van der Waals surface area contributed by atoms with Crippen LogP contribution in [-0.4, -0.2) is 5.75 Å². The van der Waals surface area contributed by atoms with Gasteiger partial charge in [0, 0.05) is 4.90 Å². The van der Waals surface area contributed by atoms with Crippen LogP contribution in [0.3, 0.4) is 0 Å². The summed E-state index contributed by atoms with van der Waals surface area (Å²) in [6.45, 7) is 4.15. The number of rotatable bonds is 3. The summed E-state index contributed by atoms with van der Waals surface area (Å²) in [6.07, 6.45) is 1.18. The van der Waals surface area contributed by atoms with Crippen LogP contribution < -0.4 is 0 Å². The molecule has 0 atom stereocenters. The van der Waals surface area contributed by atoms with Crippen molar-refractivity contribution in [3.63, 3.8) is 0 Å². The molecule has 1 aromatic carbocycles. The quantitative estimate of drug-likeness (QED) is 0.684. The summed E-state index contributed by atoms with van der Waals surface area (Å²) in [5.41, 5.74) is 1.85. The third-order valence-corrected chi connectivity index (χ3v) is 2.99. The molecule has 0 saturated carbocycles. The summed E-state index contributed by atoms with van der Waals surface area (Å²) < 4.78 is 0. The molecule has 1 aromatic rings. The summed E-state index contributed by atoms with van der Waals surface area (Å²) in [4.78, 5) is 1.26. The first kappa shape index (κ1) is 10.1. The molecule has 68 valence electrons. The van der Waals surface area contributed by atoms with Crippen LogP contribution in [0.25, 0.3) is 0 Å². The van der Waals surface area contributed by atoms with E-state index in [1.54, 1.807) is 0 Å². The van der Waals surface area contributed by atoms with E-state index in [9.17, 15) is 0 Å². The van der Waals surface area contributed by atoms with Gasteiger partial charge in [0.1, 0.15) is 0 Å². The van der Waals surface area contributed by atoms with Crippen molar-refractivity contribution in [2.45, 2.75) is 25.2 Å². The first-order valence-corrected chi connectivity index (χ1v) is 5.40. The molecule has 13 heavy (non-hydrogen) atoms. The highest BCUT2D eigenvalue weighted by Crippen LogP contribution is 2.21. The Kier molecular flexibility index (Phi) is 3.85. The Morgan fingerprint density at radius 1 is 1.46 bits per heavy atom. The maximum absolute atomic E-state index is 8.73. The van der Waals surface area contributed by atoms with E-state index in [4.69, 9.17) is 5.26 Å². The van der Waals surface area contributed by atoms with Gasteiger partial charge in [0.2, 0.25) is 0 Å². The Morgan fingerprint density at radius 2 is 2.23 bits per heavy atom. The second-order valence-electron chi connectivity index (χ2n) is 2.94. The Labute approximate surface area is 83.8 Å². The molecule has 0 aliphatic rings. The Bertz CT molecular complexity index is 325. The van der Waals surface area contributed by atoms with Gasteiger partial charge in [-0.15, -0.1) is 11.8 Å². The molecule has 0 aliphatic carbocycles. The van der Waals surface area contributed by atoms with Crippen LogP contribution in [0.5, 0.6) is 0 Å². The Hall–Kier alpha value is -0.940. The number of hydrogen-bond acceptors (Lipinski definition) is 2. The van der Waals surface area contributed by atoms with Gasteiger partial charge in [-0.05, 0) is 42.9 Å². The number of nitriles is 1. The second-order valence-corrected chi connectivity index (χ2v) is 4.11. The minimum Gasteiger partial charge on any atom is -0.192 e. The summed E-state index contributed by atoms with van der Waals surface area (Å²) in [6, 6.07) is 8.17. The molecule has 0 aliphatic heterocycles. The van der Waals surface area contributed by atoms with E-state index >= 15 is 0 Å². The number of benzene rings is 1. The normalized spacial score (nSPS) is 9.62. The molecule has 0 heterocycles. The molecule has 0 saturated heterocycles. The van der Waals surface area contributed by atoms with Gasteiger partial charge in [-0.2, -0.15) is 5.26 Å². The van der Waals surface area contributed by atoms with E-state index in [1.165, 1.54) is 11.3 Å². The van der Waals surface area contributed by atoms with Crippen molar-refractivity contribution in [1.82, 2.24) is 0 Å². The van der Waals surface area contributed by atoms with Crippen LogP contribution in [0.1, 0.15) is 24.5 Å². The van der Waals surface area contributed by atoms with Crippen molar-refractivity contribution in [3.05, 3.63) is 29.3 Å². The summed E-state index contributed by atoms with van der Waals surface area (Å²) in [5.74, 6) is 1.14. The fraction of sp³-hybridized carbons (Fsp3) is 0.364. The molecule has 0 unspecified atom stereocenters. The number of hydrogen-bond donors (Lipinski definition) is 0. The maximum atomic E-state index is 8.73. The molecule has 0 N–H and O–H groups in total. The lowest BCUT2D eigenvalue weighted by Gasteiger charge is -2.02. The molecule has 0 aromatic heterocycles. The topological polar surface area (TPSA) is 23.8 Å². The lowest BCUT2D eigenvalue weighted by molar-refractivity contribution is 1.10. The van der Waals surface area contributed by atoms with Crippen LogP contribution in [-0.2, 0) is 0 Å². The standard InChI is InChI=1S/C11H13NS/c1-3-6-13-11-5-4-10(8-12)9(2)7-11/h4-5,7H,3,6H2,1-2H3. The van der Waals surface area contributed by atoms with E-state index in [0.29, 0.717) is 0 Å². The van der Waals surface area contributed by atoms with Gasteiger partial charge in [-0.3, -0.25) is 0 Å². The summed E-state index contributed by atoms with van der Waals surface area (Å²) in [5, 5.41) is 8.73. The monoisotopic (exact) mass is 191 g/mol. The van der Waals surface area contributed by atoms with Gasteiger partial charge < -0.3 is 0 Å². The maximum Gasteiger partial charge on any atom is 0.0994 e. The second kappa shape index (κ2) is 4.94. The zero-order valence-electron chi connectivity index (χ0n) is 8.00. The van der Waals surface area contributed by atoms with Crippen LogP contribution in [0.15, 0.2) is 23.1 Å². The molecule has 0 bridgehead atoms. The van der Waals surface area contributed by atoms with Crippen molar-refractivity contribution < 1.29 is 0 Å². The van der Waals surface area contributed by atoms with Gasteiger partial charge in [-0.1, -0.05) is 6.92 Å². The molecular formula is C11H13NS. The third kappa shape index (κ3) is 2.78. The van der Waals surface area contributed by atoms with Gasteiger partial charge in [0.15, 0.2) is 0 Å². The van der Waals surface area contributed by atoms with Crippen molar-refractivity contribution >= 4 is 11.8 Å². The van der Waals surface area contributed by atoms with E-state index in [1.807, 2.05) is 30.8 Å². The van der Waals surface area contributed by atoms with E-state index in [2.05, 4.69) is 19.1 Å². The van der Waals surface area contributed by atoms with Gasteiger partial charge in [-0.25, -0.2) is 0 Å². The minimum absolute atomic E-state index is 0.779. The molecule has 1 nitrogen and oxygen atoms in total. The molecule has 0 radical (unpaired) electrons. The lowest BCUT2D eigenvalue weighted by Crippen LogP contribution is -1.83. The predicted molar refractivity (Wildman–Crippen MR) is 56.9 cm³/mol. The first-order valence-electron chi connectivity index (χ1n) is 4.41. The molecule has 1 rings (SSSR count). The summed E-state index contributed by atoms with van der Waals surface area (Å²) in [7, 11) is 0. The minimum atomic E-state index is 0.779. The molecule has 2 heteroatoms. The van der Waals surface area contributed by atoms with Crippen molar-refractivity contribution in [3.8, 4) is 6.07 Å². The van der Waals surface area contributed by atoms with Crippen LogP contribution in [0, 0.1) is 18.3 Å². The predicted octanol–water partition coefficient (Wildman–Crippen LogP) is 3.37. The van der Waals surface area contributed by atoms with Gasteiger partial charge in [0.05, 0.1) is 11.6 Å². The highest BCUT2D eigenvalue weighted by atomic mass is 32.2. The van der Waals surface area contributed by atoms with E-state index in [0.717, 1.165) is 16.9 Å². The smallest absolute Gasteiger partial charge is 0.0994 e. The van der Waals surface area contributed by atoms with Crippen LogP contribution >= 0.6 is 11.8 Å². The lowest BCUT2D eigenvalue weighted by atomic mass is 10.1. The van der Waals surface area contributed by atoms with Crippen LogP contribution in [0.4, 0.5) is 0 Å². The highest BCUT2D eigenvalue weighted by Gasteiger charge is 1.98. The van der Waals surface area contributed by atoms with Crippen molar-refractivity contribution in [2.75, 3.05) is 5.75 Å². The number of aryl methyl sites for hydroxylation is 1. The van der Waals surface area contributed by atoms with Gasteiger partial charge in [0.25, 0.3) is 0 Å². The van der Waals surface area contributed by atoms with Crippen molar-refractivity contribution in [2.24, 2.45) is 0 Å². The van der Waals surface area contributed by atoms with Crippen LogP contribution in [0.2, 0.25) is 0 Å². The van der Waals surface area contributed by atoms with Crippen molar-refractivity contribution in [1.29, 1.82) is 5.26 Å². The van der Waals surface area contributed by atoms with E-state index < -0.39 is 0 Å². The zero-order chi connectivity index (χ0) is 9.68. The van der Waals surface area contributed by atoms with Gasteiger partial charge >= 0.3 is 0 Å². The molecular weight excluding hydrogens is 178 g/mol.